The highest BCUT2D eigenvalue weighted by atomic mass is 15.1. The van der Waals surface area contributed by atoms with Crippen molar-refractivity contribution >= 4 is 5.69 Å². The van der Waals surface area contributed by atoms with Crippen LogP contribution in [-0.2, 0) is 13.0 Å². The van der Waals surface area contributed by atoms with E-state index in [1.165, 1.54) is 35.3 Å². The molecule has 0 bridgehead atoms. The van der Waals surface area contributed by atoms with Gasteiger partial charge in [0.1, 0.15) is 0 Å². The Labute approximate surface area is 126 Å². The van der Waals surface area contributed by atoms with Crippen molar-refractivity contribution < 1.29 is 0 Å². The summed E-state index contributed by atoms with van der Waals surface area (Å²) in [7, 11) is 4.24. The zero-order valence-corrected chi connectivity index (χ0v) is 13.1. The quantitative estimate of drug-likeness (QED) is 0.937. The lowest BCUT2D eigenvalue weighted by molar-refractivity contribution is 0.284. The van der Waals surface area contributed by atoms with E-state index in [0.717, 1.165) is 13.1 Å². The molecule has 0 saturated carbocycles. The molecule has 0 saturated heterocycles. The average Bonchev–Trinajstić information content (AvgIpc) is 2.94. The lowest BCUT2D eigenvalue weighted by Crippen LogP contribution is -2.29. The number of rotatable bonds is 4. The molecular formula is C17H24N4. The molecule has 0 aliphatic carbocycles. The minimum absolute atomic E-state index is 0.477. The molecule has 1 aliphatic heterocycles. The Balaban J connectivity index is 1.97. The zero-order chi connectivity index (χ0) is 14.8. The molecule has 2 aromatic rings. The van der Waals surface area contributed by atoms with Gasteiger partial charge in [-0.05, 0) is 39.4 Å². The molecule has 1 aliphatic rings. The molecule has 0 radical (unpaired) electrons. The maximum Gasteiger partial charge on any atom is 0.0951 e. The van der Waals surface area contributed by atoms with E-state index in [2.05, 4.69) is 59.0 Å². The summed E-state index contributed by atoms with van der Waals surface area (Å²) >= 11 is 0. The Morgan fingerprint density at radius 3 is 3.05 bits per heavy atom. The number of benzene rings is 1. The second-order valence-electron chi connectivity index (χ2n) is 6.11. The molecule has 1 atom stereocenters. The standard InChI is InChI=1S/C17H24N4/c1-13(20(2)3)11-21-12-18-10-16(21)15-8-4-6-14-7-5-9-19-17(14)15/h4,6,8,10,12-13,19H,5,7,9,11H2,1-3H3. The predicted molar refractivity (Wildman–Crippen MR) is 87.6 cm³/mol. The molecule has 4 nitrogen and oxygen atoms in total. The van der Waals surface area contributed by atoms with Crippen LogP contribution in [0.2, 0.25) is 0 Å². The number of aryl methyl sites for hydroxylation is 1. The van der Waals surface area contributed by atoms with Crippen LogP contribution in [0.25, 0.3) is 11.3 Å². The van der Waals surface area contributed by atoms with Gasteiger partial charge >= 0.3 is 0 Å². The molecule has 1 unspecified atom stereocenters. The highest BCUT2D eigenvalue weighted by Gasteiger charge is 2.17. The normalized spacial score (nSPS) is 15.6. The van der Waals surface area contributed by atoms with Crippen LogP contribution in [0.4, 0.5) is 5.69 Å². The first-order chi connectivity index (χ1) is 10.2. The number of anilines is 1. The fourth-order valence-electron chi connectivity index (χ4n) is 2.86. The van der Waals surface area contributed by atoms with Crippen LogP contribution in [-0.4, -0.2) is 41.1 Å². The number of aromatic nitrogens is 2. The first-order valence-electron chi connectivity index (χ1n) is 7.69. The number of likely N-dealkylation sites (N-methyl/N-ethyl adjacent to an activating group) is 1. The van der Waals surface area contributed by atoms with Gasteiger partial charge in [-0.3, -0.25) is 0 Å². The zero-order valence-electron chi connectivity index (χ0n) is 13.1. The van der Waals surface area contributed by atoms with Crippen molar-refractivity contribution in [2.24, 2.45) is 0 Å². The van der Waals surface area contributed by atoms with E-state index in [9.17, 15) is 0 Å². The van der Waals surface area contributed by atoms with E-state index in [4.69, 9.17) is 0 Å². The summed E-state index contributed by atoms with van der Waals surface area (Å²) in [5, 5.41) is 3.57. The molecule has 1 N–H and O–H groups in total. The number of hydrogen-bond donors (Lipinski definition) is 1. The molecule has 0 spiro atoms. The van der Waals surface area contributed by atoms with Crippen molar-refractivity contribution in [3.05, 3.63) is 36.3 Å². The summed E-state index contributed by atoms with van der Waals surface area (Å²) in [6, 6.07) is 7.07. The van der Waals surface area contributed by atoms with Gasteiger partial charge in [0, 0.05) is 30.4 Å². The van der Waals surface area contributed by atoms with E-state index in [1.54, 1.807) is 0 Å². The van der Waals surface area contributed by atoms with Gasteiger partial charge in [-0.1, -0.05) is 18.2 Å². The molecule has 2 heterocycles. The van der Waals surface area contributed by atoms with Gasteiger partial charge < -0.3 is 14.8 Å². The Bertz CT molecular complexity index is 615. The monoisotopic (exact) mass is 284 g/mol. The molecule has 1 aromatic heterocycles. The Morgan fingerprint density at radius 2 is 2.24 bits per heavy atom. The number of nitrogens with zero attached hydrogens (tertiary/aromatic N) is 3. The van der Waals surface area contributed by atoms with Crippen molar-refractivity contribution in [1.82, 2.24) is 14.5 Å². The van der Waals surface area contributed by atoms with Crippen LogP contribution < -0.4 is 5.32 Å². The van der Waals surface area contributed by atoms with Gasteiger partial charge in [0.15, 0.2) is 0 Å². The van der Waals surface area contributed by atoms with E-state index in [-0.39, 0.29) is 0 Å². The van der Waals surface area contributed by atoms with Gasteiger partial charge in [-0.2, -0.15) is 0 Å². The van der Waals surface area contributed by atoms with Gasteiger partial charge in [0.05, 0.1) is 18.2 Å². The molecule has 21 heavy (non-hydrogen) atoms. The molecule has 112 valence electrons. The van der Waals surface area contributed by atoms with Crippen LogP contribution in [0.15, 0.2) is 30.7 Å². The molecular weight excluding hydrogens is 260 g/mol. The number of hydrogen-bond acceptors (Lipinski definition) is 3. The minimum atomic E-state index is 0.477. The number of imidazole rings is 1. The smallest absolute Gasteiger partial charge is 0.0951 e. The molecule has 3 rings (SSSR count). The van der Waals surface area contributed by atoms with Crippen molar-refractivity contribution in [1.29, 1.82) is 0 Å². The molecule has 1 aromatic carbocycles. The summed E-state index contributed by atoms with van der Waals surface area (Å²) in [5.41, 5.74) is 5.20. The SMILES string of the molecule is CC(Cn1cncc1-c1cccc2c1NCCC2)N(C)C. The fourth-order valence-corrected chi connectivity index (χ4v) is 2.86. The highest BCUT2D eigenvalue weighted by molar-refractivity contribution is 5.78. The van der Waals surface area contributed by atoms with E-state index in [0.29, 0.717) is 6.04 Å². The first-order valence-corrected chi connectivity index (χ1v) is 7.69. The Morgan fingerprint density at radius 1 is 1.38 bits per heavy atom. The van der Waals surface area contributed by atoms with Crippen molar-refractivity contribution in [3.63, 3.8) is 0 Å². The van der Waals surface area contributed by atoms with E-state index < -0.39 is 0 Å². The summed E-state index contributed by atoms with van der Waals surface area (Å²) in [4.78, 5) is 6.62. The maximum absolute atomic E-state index is 4.38. The predicted octanol–water partition coefficient (Wildman–Crippen LogP) is 2.86. The van der Waals surface area contributed by atoms with Crippen LogP contribution >= 0.6 is 0 Å². The van der Waals surface area contributed by atoms with Crippen molar-refractivity contribution in [2.75, 3.05) is 26.0 Å². The van der Waals surface area contributed by atoms with Crippen LogP contribution in [0, 0.1) is 0 Å². The highest BCUT2D eigenvalue weighted by Crippen LogP contribution is 2.33. The fraction of sp³-hybridized carbons (Fsp3) is 0.471. The van der Waals surface area contributed by atoms with E-state index >= 15 is 0 Å². The van der Waals surface area contributed by atoms with Crippen LogP contribution in [0.5, 0.6) is 0 Å². The molecule has 4 heteroatoms. The van der Waals surface area contributed by atoms with Gasteiger partial charge in [-0.15, -0.1) is 0 Å². The lowest BCUT2D eigenvalue weighted by atomic mass is 9.98. The van der Waals surface area contributed by atoms with Gasteiger partial charge in [-0.25, -0.2) is 4.98 Å². The molecule has 0 fully saturated rings. The van der Waals surface area contributed by atoms with Gasteiger partial charge in [0.25, 0.3) is 0 Å². The van der Waals surface area contributed by atoms with Crippen LogP contribution in [0.1, 0.15) is 18.9 Å². The summed E-state index contributed by atoms with van der Waals surface area (Å²) in [6.45, 7) is 4.25. The lowest BCUT2D eigenvalue weighted by Gasteiger charge is -2.24. The Kier molecular flexibility index (Phi) is 3.97. The third kappa shape index (κ3) is 2.81. The third-order valence-electron chi connectivity index (χ3n) is 4.41. The maximum atomic E-state index is 4.38. The number of nitrogens with one attached hydrogen (secondary N) is 1. The van der Waals surface area contributed by atoms with E-state index in [1.807, 2.05) is 12.5 Å². The van der Waals surface area contributed by atoms with Gasteiger partial charge in [0.2, 0.25) is 0 Å². The second-order valence-corrected chi connectivity index (χ2v) is 6.11. The number of fused-ring (bicyclic) bond motifs is 1. The minimum Gasteiger partial charge on any atom is -0.384 e. The topological polar surface area (TPSA) is 33.1 Å². The van der Waals surface area contributed by atoms with Crippen LogP contribution in [0.3, 0.4) is 0 Å². The largest absolute Gasteiger partial charge is 0.384 e. The summed E-state index contributed by atoms with van der Waals surface area (Å²) in [5.74, 6) is 0. The summed E-state index contributed by atoms with van der Waals surface area (Å²) in [6.07, 6.45) is 6.30. The third-order valence-corrected chi connectivity index (χ3v) is 4.41. The van der Waals surface area contributed by atoms with Crippen molar-refractivity contribution in [3.8, 4) is 11.3 Å². The Hall–Kier alpha value is -1.81. The second kappa shape index (κ2) is 5.90. The first kappa shape index (κ1) is 14.1. The average molecular weight is 284 g/mol. The summed E-state index contributed by atoms with van der Waals surface area (Å²) < 4.78 is 2.26. The molecule has 0 amide bonds. The van der Waals surface area contributed by atoms with Crippen molar-refractivity contribution in [2.45, 2.75) is 32.4 Å². The number of para-hydroxylation sites is 1.